The van der Waals surface area contributed by atoms with Gasteiger partial charge in [-0.15, -0.1) is 26.3 Å². The van der Waals surface area contributed by atoms with Crippen LogP contribution in [0.4, 0.5) is 0 Å². The Kier molecular flexibility index (Phi) is 62.0. The molecule has 3 aromatic rings. The average molecular weight is 2440 g/mol. The zero-order chi connectivity index (χ0) is 99.0. The van der Waals surface area contributed by atoms with Gasteiger partial charge < -0.3 is 59.4 Å². The monoisotopic (exact) mass is 2430 g/mol. The summed E-state index contributed by atoms with van der Waals surface area (Å²) in [5, 5.41) is 0. The van der Waals surface area contributed by atoms with Crippen molar-refractivity contribution < 1.29 is 79.6 Å². The van der Waals surface area contributed by atoms with Crippen molar-refractivity contribution in [1.29, 1.82) is 0 Å². The normalized spacial score (nSPS) is 33.3. The topological polar surface area (TPSA) is 0 Å². The summed E-state index contributed by atoms with van der Waals surface area (Å²) in [4.78, 5) is 0. The Morgan fingerprint density at radius 3 is 1.14 bits per heavy atom. The van der Waals surface area contributed by atoms with E-state index < -0.39 is 87.7 Å². The second-order valence-corrected chi connectivity index (χ2v) is 67.5. The van der Waals surface area contributed by atoms with Crippen molar-refractivity contribution in [2.75, 3.05) is 0 Å². The quantitative estimate of drug-likeness (QED) is 0.0476. The molecule has 11 saturated carbocycles. The second kappa shape index (κ2) is 66.6. The molecule has 0 spiro atoms. The first-order chi connectivity index (χ1) is 67.3. The van der Waals surface area contributed by atoms with Crippen LogP contribution in [-0.2, 0) is 90.4 Å². The van der Waals surface area contributed by atoms with Gasteiger partial charge in [-0.2, -0.15) is 0 Å². The summed E-state index contributed by atoms with van der Waals surface area (Å²) in [6, 6.07) is 37.0. The van der Waals surface area contributed by atoms with Gasteiger partial charge >= 0.3 is 149 Å². The van der Waals surface area contributed by atoms with Crippen molar-refractivity contribution in [1.82, 2.24) is 0 Å². The molecular weight excluding hydrogens is 2240 g/mol. The van der Waals surface area contributed by atoms with E-state index in [1.54, 1.807) is 18.4 Å². The van der Waals surface area contributed by atoms with E-state index in [0.29, 0.717) is 40.9 Å². The number of hydrogen-bond acceptors (Lipinski definition) is 0. The Balaban J connectivity index is 0.000000334. The van der Waals surface area contributed by atoms with Crippen molar-refractivity contribution in [3.63, 3.8) is 0 Å². The molecule has 17 aliphatic carbocycles. The molecule has 0 heterocycles. The molecule has 13 heteroatoms. The van der Waals surface area contributed by atoms with Crippen molar-refractivity contribution in [3.05, 3.63) is 362 Å². The van der Waals surface area contributed by atoms with Crippen LogP contribution in [0.1, 0.15) is 271 Å². The van der Waals surface area contributed by atoms with Crippen LogP contribution in [0.3, 0.4) is 0 Å². The average Bonchev–Trinajstić information content (AvgIpc) is 1.45. The van der Waals surface area contributed by atoms with Crippen LogP contribution in [0.5, 0.6) is 0 Å². The van der Waals surface area contributed by atoms with E-state index in [0.717, 1.165) is 148 Å². The Morgan fingerprint density at radius 2 is 0.741 bits per heavy atom. The standard InChI is InChI=1S/C43H54.C35H54Si.C25H34.C23H30.8CH3.8ClH.Ti.3Zr/c1-8-9-16-30-21-22-35(27-30)43(31-17-12-10-13-18-31,32-19-14-11-15-20-32)40-38-28-33(41(2,3)4)23-25-36(38)37-26-24-34(29-39(37)40)42(5,6)7;1-5-23-36(3,4)33-24-32(28-19-11-12-20-29(28)33)35(2,25-15-7-6-8-16-25)34-30-21-13-9-17-26(30)27-18-10-14-22-31(27)34;1-18(2)11-12-21-17-22(25-10-6-5-9-24(21)25)16-15-20-14-13-19-7-3-4-8-23(19)20;1-2-7-19-16-20(23-11-6-5-10-22(19)23)15-14-18-13-12-17-8-3-4-9-21(17)18;;;;;;;;;;;;;;;;;;;;/h8,10-15,17-20,23-26,28-30,35-40H,1,9,16,21-22,27H2,2-7H3;5-8,15-16,26-34H,1,9-14,17-24H2,2-4H3;3-10,19-25H,1,11-17H2,2H3;2-6,8-11,17-23H,1,7,12-16H2;8*1H3;8*1H;;;;/q;;;;8*-1;;;;;;;;;+2;3*+4/p-8. The fourth-order valence-electron chi connectivity index (χ4n) is 33.6. The predicted octanol–water partition coefficient (Wildman–Crippen LogP) is 43.9. The SMILES string of the molecule is C=C(C)CCC1CC(CCC2CCC3C=CC=CC32)C2C=CC=CC12.C=CCC1CC(CCC2CCC3C=CC=CC32)C2C=CC=CC12.C=CCCC1CCC(C(c2ccccc2)(c2ccccc2)C2C3C=C(C(C)(C)C)C=CC3C3C=CC(C(C)(C)C)=CC32)C1.C=CC[Si](C)(C)C1CC(C(C)(c2ccccc2)C2C3CCCCC3C3CCCCC32)C2CCCCC21.[CH3-].[CH3-].[CH3-].[CH3-].[CH3-].[CH3-].[CH3-].[CH3-].[Cl][Ti][Cl].[Cl][Zr+2][Cl].[Cl][Zr+2][Cl].[Cl][Zr+2][Cl]. The van der Waals surface area contributed by atoms with Gasteiger partial charge in [0.25, 0.3) is 0 Å². The summed E-state index contributed by atoms with van der Waals surface area (Å²) in [6.07, 6.45) is 104. The molecule has 3 aromatic carbocycles. The molecular formula is C134H196Cl8SiTiZr3-2. The molecule has 0 radical (unpaired) electrons. The van der Waals surface area contributed by atoms with Crippen molar-refractivity contribution in [2.24, 2.45) is 182 Å². The van der Waals surface area contributed by atoms with E-state index in [4.69, 9.17) is 69.7 Å². The number of fused-ring (bicyclic) bond motifs is 11. The van der Waals surface area contributed by atoms with Crippen LogP contribution in [0.2, 0.25) is 24.7 Å². The van der Waals surface area contributed by atoms with E-state index in [9.17, 15) is 0 Å². The van der Waals surface area contributed by atoms with Crippen molar-refractivity contribution in [2.45, 2.75) is 290 Å². The molecule has 29 atom stereocenters. The van der Waals surface area contributed by atoms with Gasteiger partial charge in [0.15, 0.2) is 0 Å². The van der Waals surface area contributed by atoms with Crippen LogP contribution in [-0.4, -0.2) is 8.07 Å². The molecule has 0 nitrogen and oxygen atoms in total. The third kappa shape index (κ3) is 33.4. The third-order valence-electron chi connectivity index (χ3n) is 39.3. The van der Waals surface area contributed by atoms with Crippen LogP contribution in [0, 0.1) is 242 Å². The number of benzene rings is 3. The second-order valence-electron chi connectivity index (χ2n) is 48.6. The molecule has 20 rings (SSSR count). The van der Waals surface area contributed by atoms with Gasteiger partial charge in [0.05, 0.1) is 8.07 Å². The molecule has 0 aliphatic heterocycles. The fourth-order valence-corrected chi connectivity index (χ4v) is 37.1. The number of allylic oxidation sites excluding steroid dienone is 28. The fraction of sp³-hybridized carbons (Fsp3) is 0.567. The number of halogens is 8. The van der Waals surface area contributed by atoms with E-state index in [-0.39, 0.29) is 75.7 Å². The van der Waals surface area contributed by atoms with Gasteiger partial charge in [0.2, 0.25) is 0 Å². The van der Waals surface area contributed by atoms with Crippen LogP contribution in [0.15, 0.2) is 286 Å². The third-order valence-corrected chi connectivity index (χ3v) is 43.3. The molecule has 147 heavy (non-hydrogen) atoms. The molecule has 0 aromatic heterocycles. The predicted molar refractivity (Wildman–Crippen MR) is 648 cm³/mol. The summed E-state index contributed by atoms with van der Waals surface area (Å²) in [7, 11) is 38.1. The Labute approximate surface area is 980 Å². The Morgan fingerprint density at radius 1 is 0.374 bits per heavy atom. The van der Waals surface area contributed by atoms with E-state index in [1.165, 1.54) is 214 Å². The first kappa shape index (κ1) is 137. The van der Waals surface area contributed by atoms with Crippen LogP contribution < -0.4 is 0 Å². The molecule has 17 aliphatic rings. The summed E-state index contributed by atoms with van der Waals surface area (Å²) in [5.41, 5.74) is 10.7. The molecule has 29 unspecified atom stereocenters. The summed E-state index contributed by atoms with van der Waals surface area (Å²) >= 11 is -3.03. The first-order valence-corrected chi connectivity index (χ1v) is 81.5. The van der Waals surface area contributed by atoms with E-state index >= 15 is 0 Å². The molecule has 0 saturated heterocycles. The minimum atomic E-state index is -1.33. The van der Waals surface area contributed by atoms with Crippen molar-refractivity contribution >= 4 is 77.8 Å². The first-order valence-electron chi connectivity index (χ1n) is 55.0. The Bertz CT molecular complexity index is 4600. The number of hydrogen-bond donors (Lipinski definition) is 0. The van der Waals surface area contributed by atoms with Crippen molar-refractivity contribution in [3.8, 4) is 0 Å². The zero-order valence-electron chi connectivity index (χ0n) is 94.4. The van der Waals surface area contributed by atoms with Gasteiger partial charge in [0, 0.05) is 5.41 Å². The summed E-state index contributed by atoms with van der Waals surface area (Å²) in [5.74, 6) is 23.6. The summed E-state index contributed by atoms with van der Waals surface area (Å²) in [6.45, 7) is 41.2. The molecule has 0 amide bonds. The van der Waals surface area contributed by atoms with Gasteiger partial charge in [-0.3, -0.25) is 0 Å². The van der Waals surface area contributed by atoms with E-state index in [2.05, 4.69) is 338 Å². The van der Waals surface area contributed by atoms with Crippen LogP contribution in [0.25, 0.3) is 0 Å². The minimum absolute atomic E-state index is 0. The molecule has 11 fully saturated rings. The van der Waals surface area contributed by atoms with Crippen LogP contribution >= 0.6 is 69.7 Å². The number of rotatable bonds is 24. The van der Waals surface area contributed by atoms with Gasteiger partial charge in [-0.25, -0.2) is 0 Å². The zero-order valence-corrected chi connectivity index (χ0v) is 110. The molecule has 0 N–H and O–H groups in total. The molecule has 0 bridgehead atoms. The van der Waals surface area contributed by atoms with E-state index in [1.807, 2.05) is 0 Å². The molecule has 810 valence electrons. The Hall–Kier alpha value is -0.599. The van der Waals surface area contributed by atoms with Gasteiger partial charge in [-0.05, 0) is 382 Å². The van der Waals surface area contributed by atoms with Gasteiger partial charge in [-0.1, -0.05) is 361 Å². The summed E-state index contributed by atoms with van der Waals surface area (Å²) < 4.78 is 0. The van der Waals surface area contributed by atoms with Gasteiger partial charge in [0.1, 0.15) is 0 Å². The maximum atomic E-state index is 4.93. The maximum absolute atomic E-state index is 4.93.